The molecule has 2 aromatic rings. The number of carboxylic acids is 1. The smallest absolute Gasteiger partial charge is 0.407 e. The molecule has 184 valence electrons. The molecule has 4 atom stereocenters. The number of carboxylic acid groups (broad SMARTS) is 1. The van der Waals surface area contributed by atoms with E-state index in [1.807, 2.05) is 24.3 Å². The molecule has 2 N–H and O–H groups in total. The van der Waals surface area contributed by atoms with Gasteiger partial charge >= 0.3 is 12.1 Å². The van der Waals surface area contributed by atoms with Crippen molar-refractivity contribution < 1.29 is 29.0 Å². The van der Waals surface area contributed by atoms with Gasteiger partial charge in [-0.15, -0.1) is 0 Å². The van der Waals surface area contributed by atoms with Crippen molar-refractivity contribution in [1.29, 1.82) is 0 Å². The summed E-state index contributed by atoms with van der Waals surface area (Å²) in [4.78, 5) is 38.6. The highest BCUT2D eigenvalue weighted by molar-refractivity contribution is 5.84. The van der Waals surface area contributed by atoms with E-state index in [1.54, 1.807) is 11.8 Å². The van der Waals surface area contributed by atoms with Crippen LogP contribution in [-0.4, -0.2) is 66.4 Å². The van der Waals surface area contributed by atoms with Crippen LogP contribution in [0, 0.1) is 11.8 Å². The van der Waals surface area contributed by atoms with Crippen LogP contribution in [0.4, 0.5) is 4.79 Å². The highest BCUT2D eigenvalue weighted by Crippen LogP contribution is 2.44. The number of likely N-dealkylation sites (tertiary alicyclic amines) is 1. The maximum Gasteiger partial charge on any atom is 0.407 e. The summed E-state index contributed by atoms with van der Waals surface area (Å²) < 4.78 is 11.3. The summed E-state index contributed by atoms with van der Waals surface area (Å²) in [6.07, 6.45) is -0.119. The quantitative estimate of drug-likeness (QED) is 0.660. The van der Waals surface area contributed by atoms with E-state index in [4.69, 9.17) is 9.47 Å². The van der Waals surface area contributed by atoms with Gasteiger partial charge in [-0.1, -0.05) is 48.5 Å². The average molecular weight is 479 g/mol. The Bertz CT molecular complexity index is 1090. The second kappa shape index (κ2) is 9.70. The summed E-state index contributed by atoms with van der Waals surface area (Å²) in [6, 6.07) is 16.0. The standard InChI is InChI=1S/C27H30N2O6/c1-16-18(26(31)32)10-12-29(16)25(30)24-17(11-13-34-24)14-28-27(33)35-15-23-21-8-4-2-6-19(21)20-7-3-5-9-22(20)23/h2-9,16-18,23-24H,10-15H2,1H3,(H,28,33)(H,31,32). The maximum atomic E-state index is 13.1. The van der Waals surface area contributed by atoms with Crippen molar-refractivity contribution in [2.75, 3.05) is 26.3 Å². The number of benzene rings is 2. The fourth-order valence-corrected chi connectivity index (χ4v) is 5.72. The predicted molar refractivity (Wildman–Crippen MR) is 128 cm³/mol. The van der Waals surface area contributed by atoms with Crippen LogP contribution in [0.1, 0.15) is 36.8 Å². The Morgan fingerprint density at radius 3 is 2.34 bits per heavy atom. The minimum absolute atomic E-state index is 0.0175. The van der Waals surface area contributed by atoms with E-state index in [9.17, 15) is 19.5 Å². The first kappa shape index (κ1) is 23.4. The Kier molecular flexibility index (Phi) is 6.47. The van der Waals surface area contributed by atoms with Crippen molar-refractivity contribution in [2.45, 2.75) is 37.8 Å². The third-order valence-electron chi connectivity index (χ3n) is 7.67. The molecule has 8 heteroatoms. The Morgan fingerprint density at radius 1 is 1.06 bits per heavy atom. The lowest BCUT2D eigenvalue weighted by atomic mass is 9.98. The molecule has 0 saturated carbocycles. The number of hydrogen-bond donors (Lipinski definition) is 2. The van der Waals surface area contributed by atoms with Crippen LogP contribution in [0.25, 0.3) is 11.1 Å². The molecule has 8 nitrogen and oxygen atoms in total. The molecule has 2 aliphatic heterocycles. The van der Waals surface area contributed by atoms with Gasteiger partial charge in [0, 0.05) is 37.6 Å². The van der Waals surface area contributed by atoms with Gasteiger partial charge in [0.25, 0.3) is 5.91 Å². The van der Waals surface area contributed by atoms with Gasteiger partial charge in [-0.2, -0.15) is 0 Å². The summed E-state index contributed by atoms with van der Waals surface area (Å²) >= 11 is 0. The SMILES string of the molecule is CC1C(C(=O)O)CCN1C(=O)C1OCCC1CNC(=O)OCC1c2ccccc2-c2ccccc21. The van der Waals surface area contributed by atoms with Gasteiger partial charge in [0.05, 0.1) is 5.92 Å². The summed E-state index contributed by atoms with van der Waals surface area (Å²) in [5, 5.41) is 12.2. The Labute approximate surface area is 204 Å². The average Bonchev–Trinajstić information content (AvgIpc) is 3.57. The van der Waals surface area contributed by atoms with Gasteiger partial charge < -0.3 is 24.8 Å². The van der Waals surface area contributed by atoms with Crippen LogP contribution in [0.15, 0.2) is 48.5 Å². The highest BCUT2D eigenvalue weighted by Gasteiger charge is 2.44. The molecule has 4 unspecified atom stereocenters. The lowest BCUT2D eigenvalue weighted by molar-refractivity contribution is -0.146. The zero-order chi connectivity index (χ0) is 24.5. The topological polar surface area (TPSA) is 105 Å². The van der Waals surface area contributed by atoms with Crippen molar-refractivity contribution in [1.82, 2.24) is 10.2 Å². The molecule has 5 rings (SSSR count). The van der Waals surface area contributed by atoms with Crippen molar-refractivity contribution in [3.05, 3.63) is 59.7 Å². The van der Waals surface area contributed by atoms with E-state index < -0.39 is 24.1 Å². The molecule has 0 spiro atoms. The highest BCUT2D eigenvalue weighted by atomic mass is 16.5. The zero-order valence-electron chi connectivity index (χ0n) is 19.7. The number of ether oxygens (including phenoxy) is 2. The Hall–Kier alpha value is -3.39. The van der Waals surface area contributed by atoms with Crippen LogP contribution in [-0.2, 0) is 19.1 Å². The first-order chi connectivity index (χ1) is 17.0. The number of rotatable bonds is 6. The summed E-state index contributed by atoms with van der Waals surface area (Å²) in [5.41, 5.74) is 4.64. The van der Waals surface area contributed by atoms with Gasteiger partial charge in [-0.25, -0.2) is 4.79 Å². The summed E-state index contributed by atoms with van der Waals surface area (Å²) in [7, 11) is 0. The number of amides is 2. The van der Waals surface area contributed by atoms with Crippen molar-refractivity contribution in [3.8, 4) is 11.1 Å². The molecule has 2 heterocycles. The molecular weight excluding hydrogens is 448 g/mol. The molecule has 0 radical (unpaired) electrons. The summed E-state index contributed by atoms with van der Waals surface area (Å²) in [5.74, 6) is -1.83. The molecule has 0 bridgehead atoms. The number of fused-ring (bicyclic) bond motifs is 3. The van der Waals surface area contributed by atoms with Crippen LogP contribution >= 0.6 is 0 Å². The first-order valence-electron chi connectivity index (χ1n) is 12.2. The van der Waals surface area contributed by atoms with Crippen LogP contribution < -0.4 is 5.32 Å². The molecule has 2 amide bonds. The van der Waals surface area contributed by atoms with E-state index in [0.29, 0.717) is 26.0 Å². The normalized spacial score (nSPS) is 25.2. The fourth-order valence-electron chi connectivity index (χ4n) is 5.72. The number of alkyl carbamates (subject to hydrolysis) is 1. The number of carbonyl (C=O) groups is 3. The molecule has 35 heavy (non-hydrogen) atoms. The van der Waals surface area contributed by atoms with E-state index in [1.165, 1.54) is 11.1 Å². The Balaban J connectivity index is 1.16. The number of nitrogens with zero attached hydrogens (tertiary/aromatic N) is 1. The minimum Gasteiger partial charge on any atom is -0.481 e. The van der Waals surface area contributed by atoms with Gasteiger partial charge in [0.1, 0.15) is 12.7 Å². The lowest BCUT2D eigenvalue weighted by Gasteiger charge is -2.28. The lowest BCUT2D eigenvalue weighted by Crippen LogP contribution is -2.47. The second-order valence-corrected chi connectivity index (χ2v) is 9.55. The van der Waals surface area contributed by atoms with Gasteiger partial charge in [-0.3, -0.25) is 9.59 Å². The first-order valence-corrected chi connectivity index (χ1v) is 12.2. The number of nitrogens with one attached hydrogen (secondary N) is 1. The van der Waals surface area contributed by atoms with Crippen molar-refractivity contribution >= 4 is 18.0 Å². The van der Waals surface area contributed by atoms with Crippen LogP contribution in [0.5, 0.6) is 0 Å². The molecular formula is C27H30N2O6. The fraction of sp³-hybridized carbons (Fsp3) is 0.444. The van der Waals surface area contributed by atoms with E-state index in [-0.39, 0.29) is 36.9 Å². The molecule has 2 fully saturated rings. The third kappa shape index (κ3) is 4.38. The monoisotopic (exact) mass is 478 g/mol. The summed E-state index contributed by atoms with van der Waals surface area (Å²) in [6.45, 7) is 3.09. The predicted octanol–water partition coefficient (Wildman–Crippen LogP) is 3.25. The number of carbonyl (C=O) groups excluding carboxylic acids is 2. The molecule has 0 aromatic heterocycles. The van der Waals surface area contributed by atoms with Crippen LogP contribution in [0.3, 0.4) is 0 Å². The Morgan fingerprint density at radius 2 is 1.71 bits per heavy atom. The van der Waals surface area contributed by atoms with E-state index in [0.717, 1.165) is 11.1 Å². The minimum atomic E-state index is -0.881. The van der Waals surface area contributed by atoms with Crippen LogP contribution in [0.2, 0.25) is 0 Å². The number of aliphatic carboxylic acids is 1. The maximum absolute atomic E-state index is 13.1. The van der Waals surface area contributed by atoms with E-state index >= 15 is 0 Å². The van der Waals surface area contributed by atoms with Gasteiger partial charge in [0.2, 0.25) is 0 Å². The molecule has 2 saturated heterocycles. The molecule has 3 aliphatic rings. The molecule has 2 aromatic carbocycles. The van der Waals surface area contributed by atoms with E-state index in [2.05, 4.69) is 29.6 Å². The van der Waals surface area contributed by atoms with Crippen molar-refractivity contribution in [2.24, 2.45) is 11.8 Å². The molecule has 1 aliphatic carbocycles. The second-order valence-electron chi connectivity index (χ2n) is 9.55. The van der Waals surface area contributed by atoms with Crippen molar-refractivity contribution in [3.63, 3.8) is 0 Å². The zero-order valence-corrected chi connectivity index (χ0v) is 19.7. The van der Waals surface area contributed by atoms with Gasteiger partial charge in [0.15, 0.2) is 0 Å². The van der Waals surface area contributed by atoms with Gasteiger partial charge in [-0.05, 0) is 42.0 Å². The third-order valence-corrected chi connectivity index (χ3v) is 7.67. The largest absolute Gasteiger partial charge is 0.481 e. The number of hydrogen-bond acceptors (Lipinski definition) is 5.